The molecule has 1 unspecified atom stereocenters. The molecular weight excluding hydrogens is 1020 g/mol. The first kappa shape index (κ1) is 80.1. The molecule has 0 rings (SSSR count). The van der Waals surface area contributed by atoms with E-state index in [0.29, 0.717) is 19.3 Å². The number of hydrogen-bond donors (Lipinski definition) is 0. The molecule has 0 N–H and O–H groups in total. The topological polar surface area (TPSA) is 78.9 Å². The number of unbranched alkanes of at least 4 members (excludes halogenated alkanes) is 47. The molecule has 83 heavy (non-hydrogen) atoms. The minimum absolute atomic E-state index is 0.0723. The van der Waals surface area contributed by atoms with Crippen LogP contribution in [0.3, 0.4) is 0 Å². The van der Waals surface area contributed by atoms with Crippen molar-refractivity contribution < 1.29 is 28.6 Å². The zero-order valence-corrected chi connectivity index (χ0v) is 55.7. The fourth-order valence-corrected chi connectivity index (χ4v) is 11.0. The summed E-state index contributed by atoms with van der Waals surface area (Å²) in [6.07, 6.45) is 92.7. The molecule has 0 fully saturated rings. The van der Waals surface area contributed by atoms with Crippen molar-refractivity contribution in [2.45, 2.75) is 399 Å². The van der Waals surface area contributed by atoms with Crippen LogP contribution in [0.1, 0.15) is 393 Å². The number of hydrogen-bond acceptors (Lipinski definition) is 6. The highest BCUT2D eigenvalue weighted by Gasteiger charge is 2.19. The van der Waals surface area contributed by atoms with Crippen molar-refractivity contribution in [1.82, 2.24) is 0 Å². The second kappa shape index (κ2) is 71.6. The van der Waals surface area contributed by atoms with Crippen LogP contribution in [0.2, 0.25) is 0 Å². The summed E-state index contributed by atoms with van der Waals surface area (Å²) in [6.45, 7) is 6.57. The van der Waals surface area contributed by atoms with E-state index >= 15 is 0 Å². The minimum atomic E-state index is -0.776. The van der Waals surface area contributed by atoms with Crippen molar-refractivity contribution in [2.24, 2.45) is 0 Å². The van der Waals surface area contributed by atoms with Gasteiger partial charge >= 0.3 is 17.9 Å². The van der Waals surface area contributed by atoms with Crippen molar-refractivity contribution in [3.63, 3.8) is 0 Å². The number of rotatable bonds is 68. The second-order valence-corrected chi connectivity index (χ2v) is 24.8. The van der Waals surface area contributed by atoms with Gasteiger partial charge in [0.1, 0.15) is 13.2 Å². The van der Waals surface area contributed by atoms with E-state index in [9.17, 15) is 14.4 Å². The fourth-order valence-electron chi connectivity index (χ4n) is 11.0. The summed E-state index contributed by atoms with van der Waals surface area (Å²) in [7, 11) is 0. The van der Waals surface area contributed by atoms with Crippen LogP contribution < -0.4 is 0 Å². The number of carbonyl (C=O) groups is 3. The third-order valence-corrected chi connectivity index (χ3v) is 16.5. The lowest BCUT2D eigenvalue weighted by Crippen LogP contribution is -2.30. The lowest BCUT2D eigenvalue weighted by Gasteiger charge is -2.18. The van der Waals surface area contributed by atoms with E-state index < -0.39 is 6.10 Å². The molecule has 6 nitrogen and oxygen atoms in total. The van der Waals surface area contributed by atoms with Crippen LogP contribution in [0, 0.1) is 0 Å². The van der Waals surface area contributed by atoms with Gasteiger partial charge in [-0.25, -0.2) is 0 Å². The smallest absolute Gasteiger partial charge is 0.306 e. The third-order valence-electron chi connectivity index (χ3n) is 16.5. The van der Waals surface area contributed by atoms with Crippen molar-refractivity contribution in [2.75, 3.05) is 13.2 Å². The maximum absolute atomic E-state index is 13.0. The van der Waals surface area contributed by atoms with E-state index in [0.717, 1.165) is 89.9 Å². The van der Waals surface area contributed by atoms with Crippen molar-refractivity contribution >= 4 is 17.9 Å². The molecule has 0 aliphatic rings. The molecule has 0 aliphatic heterocycles. The maximum Gasteiger partial charge on any atom is 0.306 e. The Morgan fingerprint density at radius 1 is 0.253 bits per heavy atom. The Bertz CT molecular complexity index is 1470. The van der Waals surface area contributed by atoms with Crippen molar-refractivity contribution in [3.05, 3.63) is 60.8 Å². The quantitative estimate of drug-likeness (QED) is 0.0261. The summed E-state index contributed by atoms with van der Waals surface area (Å²) in [5, 5.41) is 0. The lowest BCUT2D eigenvalue weighted by molar-refractivity contribution is -0.167. The van der Waals surface area contributed by atoms with E-state index in [1.165, 1.54) is 263 Å². The normalized spacial score (nSPS) is 12.4. The summed E-state index contributed by atoms with van der Waals surface area (Å²) in [5.74, 6) is -0.856. The van der Waals surface area contributed by atoms with Gasteiger partial charge in [0.05, 0.1) is 0 Å². The molecule has 0 bridgehead atoms. The largest absolute Gasteiger partial charge is 0.462 e. The Balaban J connectivity index is 4.19. The molecule has 0 spiro atoms. The van der Waals surface area contributed by atoms with Crippen molar-refractivity contribution in [3.8, 4) is 0 Å². The Morgan fingerprint density at radius 3 is 0.771 bits per heavy atom. The number of esters is 3. The van der Waals surface area contributed by atoms with Gasteiger partial charge in [-0.3, -0.25) is 14.4 Å². The van der Waals surface area contributed by atoms with Crippen LogP contribution >= 0.6 is 0 Å². The van der Waals surface area contributed by atoms with Crippen LogP contribution in [-0.4, -0.2) is 37.2 Å². The van der Waals surface area contributed by atoms with Gasteiger partial charge in [0.25, 0.3) is 0 Å². The summed E-state index contributed by atoms with van der Waals surface area (Å²) in [4.78, 5) is 38.4. The maximum atomic E-state index is 13.0. The Labute approximate surface area is 517 Å². The highest BCUT2D eigenvalue weighted by molar-refractivity contribution is 5.71. The molecule has 6 heteroatoms. The minimum Gasteiger partial charge on any atom is -0.462 e. The zero-order valence-electron chi connectivity index (χ0n) is 55.7. The van der Waals surface area contributed by atoms with Crippen LogP contribution in [0.15, 0.2) is 60.8 Å². The molecule has 0 aromatic rings. The molecule has 0 aromatic heterocycles. The zero-order chi connectivity index (χ0) is 59.9. The Hall–Kier alpha value is -2.89. The van der Waals surface area contributed by atoms with Gasteiger partial charge in [-0.15, -0.1) is 0 Å². The van der Waals surface area contributed by atoms with Gasteiger partial charge in [0, 0.05) is 19.3 Å². The van der Waals surface area contributed by atoms with Gasteiger partial charge in [-0.05, 0) is 83.5 Å². The van der Waals surface area contributed by atoms with Gasteiger partial charge in [0.2, 0.25) is 0 Å². The molecule has 484 valence electrons. The Kier molecular flexibility index (Phi) is 69.1. The van der Waals surface area contributed by atoms with Crippen LogP contribution in [0.5, 0.6) is 0 Å². The van der Waals surface area contributed by atoms with Gasteiger partial charge in [-0.2, -0.15) is 0 Å². The highest BCUT2D eigenvalue weighted by atomic mass is 16.6. The summed E-state index contributed by atoms with van der Waals surface area (Å²) < 4.78 is 17.0. The van der Waals surface area contributed by atoms with E-state index in [2.05, 4.69) is 81.5 Å². The predicted octanol–water partition coefficient (Wildman–Crippen LogP) is 25.5. The predicted molar refractivity (Wildman–Crippen MR) is 362 cm³/mol. The molecule has 0 heterocycles. The summed E-state index contributed by atoms with van der Waals surface area (Å²) >= 11 is 0. The molecular formula is C77H140O6. The molecule has 0 aromatic carbocycles. The fraction of sp³-hybridized carbons (Fsp3) is 0.831. The molecule has 0 amide bonds. The van der Waals surface area contributed by atoms with E-state index in [-0.39, 0.29) is 31.1 Å². The molecule has 0 saturated heterocycles. The van der Waals surface area contributed by atoms with E-state index in [4.69, 9.17) is 14.2 Å². The van der Waals surface area contributed by atoms with Gasteiger partial charge < -0.3 is 14.2 Å². The van der Waals surface area contributed by atoms with Gasteiger partial charge in [-0.1, -0.05) is 351 Å². The van der Waals surface area contributed by atoms with Crippen LogP contribution in [0.25, 0.3) is 0 Å². The first-order valence-electron chi connectivity index (χ1n) is 36.8. The van der Waals surface area contributed by atoms with Gasteiger partial charge in [0.15, 0.2) is 6.10 Å². The molecule has 1 atom stereocenters. The van der Waals surface area contributed by atoms with E-state index in [1.54, 1.807) is 0 Å². The van der Waals surface area contributed by atoms with Crippen LogP contribution in [-0.2, 0) is 28.6 Å². The standard InChI is InChI=1S/C77H140O6/c1-4-7-10-13-16-19-22-25-27-29-31-33-35-37-39-41-42-44-46-48-50-52-55-58-61-64-67-70-76(79)82-73-74(72-81-75(78)69-66-63-60-57-54-24-21-18-15-12-9-6-3)83-77(80)71-68-65-62-59-56-53-51-49-47-45-43-40-38-36-34-32-30-28-26-23-20-17-14-11-8-5-2/h7,10,16,18-19,21,25,27,31,33,74H,4-6,8-9,11-15,17,20,22-24,26,28-30,32,34-73H2,1-3H3/b10-7-,19-16-,21-18-,27-25-,33-31-. The average molecular weight is 1160 g/mol. The monoisotopic (exact) mass is 1160 g/mol. The third kappa shape index (κ3) is 69.8. The first-order valence-corrected chi connectivity index (χ1v) is 36.8. The number of ether oxygens (including phenoxy) is 3. The summed E-state index contributed by atoms with van der Waals surface area (Å²) in [6, 6.07) is 0. The highest BCUT2D eigenvalue weighted by Crippen LogP contribution is 2.19. The Morgan fingerprint density at radius 2 is 0.470 bits per heavy atom. The number of carbonyl (C=O) groups excluding carboxylic acids is 3. The lowest BCUT2D eigenvalue weighted by atomic mass is 10.0. The molecule has 0 radical (unpaired) electrons. The average Bonchev–Trinajstić information content (AvgIpc) is 3.49. The molecule has 0 saturated carbocycles. The SMILES string of the molecule is CC/C=C\C/C=C\C/C=C\C/C=C\CCCCCCCCCCCCCCCCC(=O)OCC(COC(=O)CCCCCCC/C=C\CCCCC)OC(=O)CCCCCCCCCCCCCCCCCCCCCCCCCCCC. The van der Waals surface area contributed by atoms with E-state index in [1.807, 2.05) is 0 Å². The second-order valence-electron chi connectivity index (χ2n) is 24.8. The summed E-state index contributed by atoms with van der Waals surface area (Å²) in [5.41, 5.74) is 0. The van der Waals surface area contributed by atoms with Crippen molar-refractivity contribution in [1.29, 1.82) is 0 Å². The number of allylic oxidation sites excluding steroid dienone is 10. The van der Waals surface area contributed by atoms with Crippen LogP contribution in [0.4, 0.5) is 0 Å². The molecule has 0 aliphatic carbocycles. The first-order chi connectivity index (χ1) is 41.0.